The van der Waals surface area contributed by atoms with E-state index in [1.165, 1.54) is 5.06 Å². The third kappa shape index (κ3) is 0.889. The summed E-state index contributed by atoms with van der Waals surface area (Å²) in [5.74, 6) is 0. The van der Waals surface area contributed by atoms with Crippen LogP contribution < -0.4 is 0 Å². The maximum absolute atomic E-state index is 8.52. The normalized spacial score (nSPS) is 24.9. The van der Waals surface area contributed by atoms with Gasteiger partial charge in [0.2, 0.25) is 0 Å². The van der Waals surface area contributed by atoms with E-state index in [9.17, 15) is 0 Å². The molecule has 0 aliphatic carbocycles. The first-order valence-electron chi connectivity index (χ1n) is 2.07. The summed E-state index contributed by atoms with van der Waals surface area (Å²) in [6.45, 7) is 0.826. The molecule has 0 saturated carbocycles. The molecule has 1 aliphatic rings. The lowest BCUT2D eigenvalue weighted by Gasteiger charge is -2.30. The largest absolute Gasteiger partial charge is 0.390 e. The second-order valence-corrected chi connectivity index (χ2v) is 1.58. The molecule has 0 aromatic carbocycles. The van der Waals surface area contributed by atoms with E-state index >= 15 is 0 Å². The van der Waals surface area contributed by atoms with Crippen molar-refractivity contribution in [2.45, 2.75) is 6.10 Å². The number of nitrogens with zero attached hydrogens (tertiary/aromatic N) is 1. The van der Waals surface area contributed by atoms with Gasteiger partial charge in [0.1, 0.15) is 0 Å². The van der Waals surface area contributed by atoms with Crippen LogP contribution in [-0.2, 0) is 4.99 Å². The van der Waals surface area contributed by atoms with E-state index in [1.807, 2.05) is 0 Å². The van der Waals surface area contributed by atoms with Crippen LogP contribution in [0.5, 0.6) is 0 Å². The number of β-amino-alcohol motifs (C(OH)–C–C–N with tert-alkyl or cyclic N) is 1. The number of rotatable bonds is 1. The van der Waals surface area contributed by atoms with Gasteiger partial charge in [0, 0.05) is 0 Å². The van der Waals surface area contributed by atoms with Crippen molar-refractivity contribution in [3.8, 4) is 0 Å². The zero-order valence-electron chi connectivity index (χ0n) is 3.74. The van der Waals surface area contributed by atoms with Crippen molar-refractivity contribution in [1.82, 2.24) is 5.06 Å². The van der Waals surface area contributed by atoms with E-state index in [-0.39, 0.29) is 6.10 Å². The molecule has 4 heteroatoms. The molecule has 2 N–H and O–H groups in total. The lowest BCUT2D eigenvalue weighted by atomic mass is 10.2. The highest BCUT2D eigenvalue weighted by Crippen LogP contribution is 2.04. The fourth-order valence-corrected chi connectivity index (χ4v) is 0.483. The van der Waals surface area contributed by atoms with Gasteiger partial charge in [-0.1, -0.05) is 0 Å². The number of hydrogen-bond acceptors (Lipinski definition) is 4. The molecule has 0 aromatic rings. The van der Waals surface area contributed by atoms with Gasteiger partial charge in [-0.05, 0) is 0 Å². The van der Waals surface area contributed by atoms with Gasteiger partial charge in [-0.25, -0.2) is 5.26 Å². The summed E-state index contributed by atoms with van der Waals surface area (Å²) in [4.78, 5) is 3.73. The van der Waals surface area contributed by atoms with Crippen LogP contribution in [0.2, 0.25) is 0 Å². The maximum Gasteiger partial charge on any atom is 0.0842 e. The highest BCUT2D eigenvalue weighted by molar-refractivity contribution is 4.70. The van der Waals surface area contributed by atoms with E-state index in [2.05, 4.69) is 4.99 Å². The van der Waals surface area contributed by atoms with Crippen molar-refractivity contribution in [2.75, 3.05) is 13.1 Å². The van der Waals surface area contributed by atoms with Gasteiger partial charge in [0.15, 0.2) is 0 Å². The first-order valence-corrected chi connectivity index (χ1v) is 2.07. The van der Waals surface area contributed by atoms with Crippen molar-refractivity contribution >= 4 is 0 Å². The van der Waals surface area contributed by atoms with Crippen molar-refractivity contribution in [3.05, 3.63) is 0 Å². The number of aliphatic hydroxyl groups is 1. The Hall–Kier alpha value is -0.160. The van der Waals surface area contributed by atoms with Crippen molar-refractivity contribution < 1.29 is 15.4 Å². The Morgan fingerprint density at radius 2 is 2.14 bits per heavy atom. The van der Waals surface area contributed by atoms with Crippen LogP contribution in [0.4, 0.5) is 0 Å². The van der Waals surface area contributed by atoms with E-state index < -0.39 is 0 Å². The van der Waals surface area contributed by atoms with Crippen LogP contribution in [-0.4, -0.2) is 34.6 Å². The van der Waals surface area contributed by atoms with Crippen molar-refractivity contribution in [2.24, 2.45) is 0 Å². The van der Waals surface area contributed by atoms with Crippen LogP contribution >= 0.6 is 0 Å². The molecule has 0 radical (unpaired) electrons. The van der Waals surface area contributed by atoms with Crippen LogP contribution in [0.15, 0.2) is 0 Å². The summed E-state index contributed by atoms with van der Waals surface area (Å²) in [5, 5.41) is 17.6. The number of aliphatic hydroxyl groups excluding tert-OH is 1. The second-order valence-electron chi connectivity index (χ2n) is 1.58. The fourth-order valence-electron chi connectivity index (χ4n) is 0.483. The van der Waals surface area contributed by atoms with Crippen molar-refractivity contribution in [1.29, 1.82) is 0 Å². The average molecular weight is 105 g/mol. The lowest BCUT2D eigenvalue weighted by molar-refractivity contribution is -0.425. The Kier molecular flexibility index (Phi) is 1.25. The van der Waals surface area contributed by atoms with E-state index in [4.69, 9.17) is 10.4 Å². The summed E-state index contributed by atoms with van der Waals surface area (Å²) < 4.78 is 0. The molecule has 1 rings (SSSR count). The number of hydrogen-bond donors (Lipinski definition) is 2. The Morgan fingerprint density at radius 3 is 2.29 bits per heavy atom. The van der Waals surface area contributed by atoms with Crippen molar-refractivity contribution in [3.63, 3.8) is 0 Å². The Labute approximate surface area is 40.8 Å². The highest BCUT2D eigenvalue weighted by Gasteiger charge is 2.24. The molecule has 1 saturated heterocycles. The number of hydroxylamine groups is 2. The minimum Gasteiger partial charge on any atom is -0.390 e. The van der Waals surface area contributed by atoms with Crippen LogP contribution in [0, 0.1) is 0 Å². The molecular weight excluding hydrogens is 98.0 g/mol. The average Bonchev–Trinajstić information content (AvgIpc) is 1.58. The topological polar surface area (TPSA) is 52.9 Å². The molecule has 0 bridgehead atoms. The van der Waals surface area contributed by atoms with Crippen LogP contribution in [0.1, 0.15) is 0 Å². The first-order chi connectivity index (χ1) is 3.33. The van der Waals surface area contributed by atoms with E-state index in [0.29, 0.717) is 13.1 Å². The zero-order chi connectivity index (χ0) is 5.28. The lowest BCUT2D eigenvalue weighted by Crippen LogP contribution is -2.49. The standard InChI is InChI=1S/C3H7NO3/c5-3-1-4(2-3)7-6/h3,5-6H,1-2H2. The maximum atomic E-state index is 8.52. The Bertz CT molecular complexity index is 61.2. The van der Waals surface area contributed by atoms with Gasteiger partial charge < -0.3 is 5.11 Å². The minimum absolute atomic E-state index is 0.313. The predicted octanol–water partition coefficient (Wildman–Crippen LogP) is -0.932. The fraction of sp³-hybridized carbons (Fsp3) is 1.00. The third-order valence-electron chi connectivity index (χ3n) is 0.944. The molecule has 4 nitrogen and oxygen atoms in total. The molecule has 0 amide bonds. The van der Waals surface area contributed by atoms with Gasteiger partial charge in [0.25, 0.3) is 0 Å². The molecule has 7 heavy (non-hydrogen) atoms. The molecule has 1 aliphatic heterocycles. The van der Waals surface area contributed by atoms with Gasteiger partial charge in [-0.2, -0.15) is 5.06 Å². The van der Waals surface area contributed by atoms with Gasteiger partial charge in [-0.3, -0.25) is 0 Å². The summed E-state index contributed by atoms with van der Waals surface area (Å²) in [7, 11) is 0. The molecular formula is C3H7NO3. The van der Waals surface area contributed by atoms with Gasteiger partial charge in [-0.15, -0.1) is 4.99 Å². The van der Waals surface area contributed by atoms with Gasteiger partial charge >= 0.3 is 0 Å². The SMILES string of the molecule is OON1CC(O)C1. The van der Waals surface area contributed by atoms with Crippen LogP contribution in [0.3, 0.4) is 0 Å². The molecule has 0 atom stereocenters. The third-order valence-corrected chi connectivity index (χ3v) is 0.944. The summed E-state index contributed by atoms with van der Waals surface area (Å²) >= 11 is 0. The second kappa shape index (κ2) is 1.75. The summed E-state index contributed by atoms with van der Waals surface area (Å²) in [6.07, 6.45) is -0.313. The Balaban J connectivity index is 2.06. The Morgan fingerprint density at radius 1 is 1.57 bits per heavy atom. The molecule has 1 fully saturated rings. The zero-order valence-corrected chi connectivity index (χ0v) is 3.74. The molecule has 1 heterocycles. The molecule has 0 aromatic heterocycles. The smallest absolute Gasteiger partial charge is 0.0842 e. The van der Waals surface area contributed by atoms with E-state index in [0.717, 1.165) is 0 Å². The quantitative estimate of drug-likeness (QED) is 0.334. The highest BCUT2D eigenvalue weighted by atomic mass is 17.2. The first kappa shape index (κ1) is 4.99. The predicted molar refractivity (Wildman–Crippen MR) is 21.3 cm³/mol. The molecule has 0 unspecified atom stereocenters. The summed E-state index contributed by atoms with van der Waals surface area (Å²) in [6, 6.07) is 0. The molecule has 0 spiro atoms. The minimum atomic E-state index is -0.313. The molecule has 42 valence electrons. The monoisotopic (exact) mass is 105 g/mol. The van der Waals surface area contributed by atoms with Gasteiger partial charge in [0.05, 0.1) is 19.2 Å². The summed E-state index contributed by atoms with van der Waals surface area (Å²) in [5.41, 5.74) is 0. The van der Waals surface area contributed by atoms with E-state index in [1.54, 1.807) is 0 Å². The van der Waals surface area contributed by atoms with Crippen LogP contribution in [0.25, 0.3) is 0 Å².